The van der Waals surface area contributed by atoms with Gasteiger partial charge in [0.25, 0.3) is 0 Å². The third-order valence-electron chi connectivity index (χ3n) is 3.98. The van der Waals surface area contributed by atoms with Gasteiger partial charge in [0, 0.05) is 19.0 Å². The van der Waals surface area contributed by atoms with Crippen molar-refractivity contribution >= 4 is 17.8 Å². The molecule has 6 nitrogen and oxygen atoms in total. The number of piperazine rings is 1. The molecule has 1 heterocycles. The summed E-state index contributed by atoms with van der Waals surface area (Å²) < 4.78 is 4.89. The molecule has 1 saturated carbocycles. The predicted octanol–water partition coefficient (Wildman–Crippen LogP) is 0.457. The molecular formula is C14H22N2O4. The Labute approximate surface area is 118 Å². The summed E-state index contributed by atoms with van der Waals surface area (Å²) in [6.07, 6.45) is 3.86. The number of nitrogens with zero attached hydrogens (tertiary/aromatic N) is 1. The van der Waals surface area contributed by atoms with E-state index in [1.165, 1.54) is 0 Å². The Morgan fingerprint density at radius 2 is 2.05 bits per heavy atom. The molecule has 1 saturated heterocycles. The number of amides is 2. The Hall–Kier alpha value is -1.59. The molecule has 1 unspecified atom stereocenters. The van der Waals surface area contributed by atoms with Crippen molar-refractivity contribution in [2.24, 2.45) is 5.92 Å². The fraction of sp³-hybridized carbons (Fsp3) is 0.786. The lowest BCUT2D eigenvalue weighted by atomic mass is 10.0. The number of carbonyl (C=O) groups excluding carboxylic acids is 3. The molecular weight excluding hydrogens is 260 g/mol. The molecule has 0 aromatic heterocycles. The number of ether oxygens (including phenoxy) is 1. The summed E-state index contributed by atoms with van der Waals surface area (Å²) >= 11 is 0. The van der Waals surface area contributed by atoms with Gasteiger partial charge >= 0.3 is 5.97 Å². The first kappa shape index (κ1) is 14.8. The van der Waals surface area contributed by atoms with Crippen LogP contribution >= 0.6 is 0 Å². The van der Waals surface area contributed by atoms with E-state index in [1.54, 1.807) is 11.8 Å². The van der Waals surface area contributed by atoms with Gasteiger partial charge in [-0.2, -0.15) is 0 Å². The van der Waals surface area contributed by atoms with Gasteiger partial charge in [-0.1, -0.05) is 12.8 Å². The lowest BCUT2D eigenvalue weighted by Crippen LogP contribution is -2.58. The minimum Gasteiger partial charge on any atom is -0.466 e. The van der Waals surface area contributed by atoms with E-state index in [4.69, 9.17) is 4.74 Å². The maximum Gasteiger partial charge on any atom is 0.308 e. The second-order valence-corrected chi connectivity index (χ2v) is 5.33. The lowest BCUT2D eigenvalue weighted by molar-refractivity contribution is -0.153. The molecule has 112 valence electrons. The second kappa shape index (κ2) is 6.72. The number of esters is 1. The van der Waals surface area contributed by atoms with Crippen LogP contribution in [-0.4, -0.2) is 48.4 Å². The molecule has 2 aliphatic rings. The van der Waals surface area contributed by atoms with E-state index < -0.39 is 12.0 Å². The molecule has 2 rings (SSSR count). The Morgan fingerprint density at radius 3 is 2.70 bits per heavy atom. The van der Waals surface area contributed by atoms with Crippen molar-refractivity contribution in [3.05, 3.63) is 0 Å². The van der Waals surface area contributed by atoms with E-state index in [0.717, 1.165) is 25.7 Å². The van der Waals surface area contributed by atoms with Crippen LogP contribution < -0.4 is 5.32 Å². The zero-order valence-corrected chi connectivity index (χ0v) is 11.9. The molecule has 2 fully saturated rings. The van der Waals surface area contributed by atoms with Crippen LogP contribution in [-0.2, 0) is 19.1 Å². The van der Waals surface area contributed by atoms with Crippen molar-refractivity contribution < 1.29 is 19.1 Å². The summed E-state index contributed by atoms with van der Waals surface area (Å²) in [5, 5.41) is 2.71. The topological polar surface area (TPSA) is 75.7 Å². The fourth-order valence-corrected chi connectivity index (χ4v) is 2.97. The molecule has 0 aromatic rings. The van der Waals surface area contributed by atoms with Gasteiger partial charge in [0.15, 0.2) is 0 Å². The van der Waals surface area contributed by atoms with Crippen LogP contribution in [0.15, 0.2) is 0 Å². The number of hydrogen-bond donors (Lipinski definition) is 1. The number of hydrogen-bond acceptors (Lipinski definition) is 4. The zero-order valence-electron chi connectivity index (χ0n) is 11.9. The van der Waals surface area contributed by atoms with Gasteiger partial charge in [0.1, 0.15) is 6.04 Å². The summed E-state index contributed by atoms with van der Waals surface area (Å²) in [6.45, 7) is 2.94. The quantitative estimate of drug-likeness (QED) is 0.760. The third kappa shape index (κ3) is 3.29. The van der Waals surface area contributed by atoms with Gasteiger partial charge in [0.05, 0.1) is 13.0 Å². The average Bonchev–Trinajstić information content (AvgIpc) is 2.94. The first-order valence-electron chi connectivity index (χ1n) is 7.37. The van der Waals surface area contributed by atoms with Crippen LogP contribution in [0.1, 0.15) is 39.0 Å². The fourth-order valence-electron chi connectivity index (χ4n) is 2.97. The summed E-state index contributed by atoms with van der Waals surface area (Å²) in [5.41, 5.74) is 0. The Bertz CT molecular complexity index is 391. The van der Waals surface area contributed by atoms with Crippen LogP contribution in [0.5, 0.6) is 0 Å². The van der Waals surface area contributed by atoms with Crippen LogP contribution in [0.2, 0.25) is 0 Å². The van der Waals surface area contributed by atoms with Crippen LogP contribution in [0.25, 0.3) is 0 Å². The normalized spacial score (nSPS) is 23.6. The monoisotopic (exact) mass is 282 g/mol. The summed E-state index contributed by atoms with van der Waals surface area (Å²) in [6, 6.07) is -0.712. The molecule has 0 spiro atoms. The Kier molecular flexibility index (Phi) is 4.98. The zero-order chi connectivity index (χ0) is 14.5. The van der Waals surface area contributed by atoms with E-state index >= 15 is 0 Å². The standard InChI is InChI=1S/C14H22N2O4/c1-2-20-12(17)9-11-13(18)15-7-8-16(11)14(19)10-5-3-4-6-10/h10-11H,2-9H2,1H3,(H,15,18). The Morgan fingerprint density at radius 1 is 1.35 bits per heavy atom. The molecule has 0 bridgehead atoms. The largest absolute Gasteiger partial charge is 0.466 e. The van der Waals surface area contributed by atoms with Gasteiger partial charge in [0.2, 0.25) is 11.8 Å². The van der Waals surface area contributed by atoms with E-state index in [2.05, 4.69) is 5.32 Å². The van der Waals surface area contributed by atoms with Gasteiger partial charge in [-0.15, -0.1) is 0 Å². The van der Waals surface area contributed by atoms with E-state index in [-0.39, 0.29) is 30.8 Å². The first-order valence-corrected chi connectivity index (χ1v) is 7.37. The number of rotatable bonds is 4. The van der Waals surface area contributed by atoms with Gasteiger partial charge < -0.3 is 15.0 Å². The molecule has 0 aromatic carbocycles. The SMILES string of the molecule is CCOC(=O)CC1C(=O)NCCN1C(=O)C1CCCC1. The van der Waals surface area contributed by atoms with Crippen molar-refractivity contribution in [3.63, 3.8) is 0 Å². The summed E-state index contributed by atoms with van der Waals surface area (Å²) in [4.78, 5) is 37.6. The van der Waals surface area contributed by atoms with Crippen LogP contribution in [0.3, 0.4) is 0 Å². The number of nitrogens with one attached hydrogen (secondary N) is 1. The minimum atomic E-state index is -0.712. The van der Waals surface area contributed by atoms with Crippen LogP contribution in [0, 0.1) is 5.92 Å². The maximum atomic E-state index is 12.5. The van der Waals surface area contributed by atoms with Gasteiger partial charge in [-0.3, -0.25) is 14.4 Å². The molecule has 1 aliphatic carbocycles. The summed E-state index contributed by atoms with van der Waals surface area (Å²) in [5.74, 6) is -0.647. The first-order chi connectivity index (χ1) is 9.63. The van der Waals surface area contributed by atoms with Gasteiger partial charge in [-0.25, -0.2) is 0 Å². The van der Waals surface area contributed by atoms with Crippen molar-refractivity contribution in [3.8, 4) is 0 Å². The molecule has 0 radical (unpaired) electrons. The highest BCUT2D eigenvalue weighted by molar-refractivity contribution is 5.92. The van der Waals surface area contributed by atoms with E-state index in [0.29, 0.717) is 13.1 Å². The minimum absolute atomic E-state index is 0.0191. The smallest absolute Gasteiger partial charge is 0.308 e. The molecule has 1 atom stereocenters. The summed E-state index contributed by atoms with van der Waals surface area (Å²) in [7, 11) is 0. The molecule has 2 amide bonds. The molecule has 6 heteroatoms. The maximum absolute atomic E-state index is 12.5. The van der Waals surface area contributed by atoms with Crippen molar-refractivity contribution in [1.29, 1.82) is 0 Å². The highest BCUT2D eigenvalue weighted by Gasteiger charge is 2.38. The highest BCUT2D eigenvalue weighted by atomic mass is 16.5. The molecule has 20 heavy (non-hydrogen) atoms. The van der Waals surface area contributed by atoms with E-state index in [1.807, 2.05) is 0 Å². The average molecular weight is 282 g/mol. The van der Waals surface area contributed by atoms with E-state index in [9.17, 15) is 14.4 Å². The predicted molar refractivity (Wildman–Crippen MR) is 71.7 cm³/mol. The molecule has 1 aliphatic heterocycles. The van der Waals surface area contributed by atoms with Crippen molar-refractivity contribution in [2.45, 2.75) is 45.1 Å². The molecule has 1 N–H and O–H groups in total. The third-order valence-corrected chi connectivity index (χ3v) is 3.98. The van der Waals surface area contributed by atoms with Crippen molar-refractivity contribution in [1.82, 2.24) is 10.2 Å². The number of carbonyl (C=O) groups is 3. The second-order valence-electron chi connectivity index (χ2n) is 5.33. The highest BCUT2D eigenvalue weighted by Crippen LogP contribution is 2.28. The van der Waals surface area contributed by atoms with Crippen molar-refractivity contribution in [2.75, 3.05) is 19.7 Å². The Balaban J connectivity index is 2.04. The lowest BCUT2D eigenvalue weighted by Gasteiger charge is -2.36. The van der Waals surface area contributed by atoms with Crippen LogP contribution in [0.4, 0.5) is 0 Å². The van der Waals surface area contributed by atoms with Gasteiger partial charge in [-0.05, 0) is 19.8 Å².